The second kappa shape index (κ2) is 8.82. The SMILES string of the molecule is CCNC.[LiH]. The van der Waals surface area contributed by atoms with E-state index >= 15 is 0 Å². The molecule has 0 saturated heterocycles. The van der Waals surface area contributed by atoms with Crippen molar-refractivity contribution in [2.75, 3.05) is 13.6 Å². The molecule has 0 atom stereocenters. The van der Waals surface area contributed by atoms with Crippen LogP contribution in [0.2, 0.25) is 0 Å². The zero-order valence-electron chi connectivity index (χ0n) is 3.21. The van der Waals surface area contributed by atoms with Gasteiger partial charge in [-0.2, -0.15) is 0 Å². The third-order valence-corrected chi connectivity index (χ3v) is 0.354. The predicted octanol–water partition coefficient (Wildman–Crippen LogP) is -0.423. The zero-order chi connectivity index (χ0) is 3.41. The van der Waals surface area contributed by atoms with E-state index in [0.29, 0.717) is 0 Å². The molecule has 0 aromatic rings. The molecule has 0 unspecified atom stereocenters. The molecule has 0 saturated carbocycles. The van der Waals surface area contributed by atoms with Crippen LogP contribution >= 0.6 is 0 Å². The van der Waals surface area contributed by atoms with Crippen LogP contribution in [0.5, 0.6) is 0 Å². The van der Waals surface area contributed by atoms with E-state index in [9.17, 15) is 0 Å². The van der Waals surface area contributed by atoms with E-state index in [1.54, 1.807) is 0 Å². The minimum absolute atomic E-state index is 0. The first-order chi connectivity index (χ1) is 1.91. The summed E-state index contributed by atoms with van der Waals surface area (Å²) in [5.41, 5.74) is 0. The van der Waals surface area contributed by atoms with Crippen molar-refractivity contribution in [1.82, 2.24) is 5.32 Å². The molecule has 1 N–H and O–H groups in total. The van der Waals surface area contributed by atoms with Crippen LogP contribution in [0.25, 0.3) is 0 Å². The summed E-state index contributed by atoms with van der Waals surface area (Å²) < 4.78 is 0. The molecule has 0 heterocycles. The molecule has 2 heteroatoms. The first kappa shape index (κ1) is 9.12. The second-order valence-electron chi connectivity index (χ2n) is 0.707. The third-order valence-electron chi connectivity index (χ3n) is 0.354. The fourth-order valence-electron chi connectivity index (χ4n) is 0. The Morgan fingerprint density at radius 3 is 1.80 bits per heavy atom. The summed E-state index contributed by atoms with van der Waals surface area (Å²) in [5.74, 6) is 0. The van der Waals surface area contributed by atoms with Gasteiger partial charge in [-0.3, -0.25) is 0 Å². The second-order valence-corrected chi connectivity index (χ2v) is 0.707. The Hall–Kier alpha value is 0.557. The number of nitrogens with one attached hydrogen (secondary N) is 1. The Labute approximate surface area is 45.3 Å². The van der Waals surface area contributed by atoms with Crippen molar-refractivity contribution >= 4 is 18.9 Å². The summed E-state index contributed by atoms with van der Waals surface area (Å²) >= 11 is 0. The van der Waals surface area contributed by atoms with Gasteiger partial charge in [0.05, 0.1) is 0 Å². The molecule has 0 aliphatic carbocycles. The van der Waals surface area contributed by atoms with Gasteiger partial charge in [0, 0.05) is 0 Å². The Kier molecular flexibility index (Phi) is 16.1. The molecule has 0 rings (SSSR count). The van der Waals surface area contributed by atoms with E-state index < -0.39 is 0 Å². The molecular weight excluding hydrogens is 57.0 g/mol. The van der Waals surface area contributed by atoms with Gasteiger partial charge in [0.25, 0.3) is 0 Å². The maximum atomic E-state index is 2.93. The van der Waals surface area contributed by atoms with E-state index in [4.69, 9.17) is 0 Å². The number of hydrogen-bond acceptors (Lipinski definition) is 1. The molecule has 28 valence electrons. The number of rotatable bonds is 1. The molecule has 0 aromatic heterocycles. The van der Waals surface area contributed by atoms with Crippen LogP contribution in [0.1, 0.15) is 6.92 Å². The molecule has 0 fully saturated rings. The van der Waals surface area contributed by atoms with Gasteiger partial charge in [-0.1, -0.05) is 6.92 Å². The molecule has 0 spiro atoms. The summed E-state index contributed by atoms with van der Waals surface area (Å²) in [5, 5.41) is 2.93. The Bertz CT molecular complexity index is 8.85. The fourth-order valence-corrected chi connectivity index (χ4v) is 0. The minimum atomic E-state index is 0. The van der Waals surface area contributed by atoms with Crippen LogP contribution in [0.15, 0.2) is 0 Å². The summed E-state index contributed by atoms with van der Waals surface area (Å²) in [6.45, 7) is 3.14. The predicted molar refractivity (Wildman–Crippen MR) is 26.7 cm³/mol. The average molecular weight is 67.1 g/mol. The van der Waals surface area contributed by atoms with Crippen LogP contribution in [0.3, 0.4) is 0 Å². The van der Waals surface area contributed by atoms with Gasteiger partial charge in [0.15, 0.2) is 0 Å². The van der Waals surface area contributed by atoms with E-state index in [1.165, 1.54) is 0 Å². The van der Waals surface area contributed by atoms with Gasteiger partial charge in [-0.25, -0.2) is 0 Å². The van der Waals surface area contributed by atoms with Gasteiger partial charge in [-0.05, 0) is 13.6 Å². The Morgan fingerprint density at radius 2 is 1.80 bits per heavy atom. The van der Waals surface area contributed by atoms with Crippen molar-refractivity contribution in [1.29, 1.82) is 0 Å². The summed E-state index contributed by atoms with van der Waals surface area (Å²) in [6.07, 6.45) is 0. The van der Waals surface area contributed by atoms with E-state index in [-0.39, 0.29) is 18.9 Å². The Balaban J connectivity index is 0. The molecule has 0 amide bonds. The van der Waals surface area contributed by atoms with Crippen molar-refractivity contribution in [2.45, 2.75) is 6.92 Å². The van der Waals surface area contributed by atoms with Crippen LogP contribution in [0, 0.1) is 0 Å². The van der Waals surface area contributed by atoms with Gasteiger partial charge in [0.2, 0.25) is 0 Å². The standard InChI is InChI=1S/C3H9N.Li.H/c1-3-4-2;;/h4H,3H2,1-2H3;;. The van der Waals surface area contributed by atoms with Crippen molar-refractivity contribution in [2.24, 2.45) is 0 Å². The van der Waals surface area contributed by atoms with Crippen molar-refractivity contribution < 1.29 is 0 Å². The molecule has 0 radical (unpaired) electrons. The monoisotopic (exact) mass is 67.1 g/mol. The van der Waals surface area contributed by atoms with Gasteiger partial charge in [-0.15, -0.1) is 0 Å². The summed E-state index contributed by atoms with van der Waals surface area (Å²) in [7, 11) is 1.93. The molecule has 0 aliphatic heterocycles. The summed E-state index contributed by atoms with van der Waals surface area (Å²) in [6, 6.07) is 0. The van der Waals surface area contributed by atoms with Gasteiger partial charge in [0.1, 0.15) is 0 Å². The van der Waals surface area contributed by atoms with Crippen molar-refractivity contribution in [3.63, 3.8) is 0 Å². The topological polar surface area (TPSA) is 12.0 Å². The molecule has 5 heavy (non-hydrogen) atoms. The van der Waals surface area contributed by atoms with Crippen molar-refractivity contribution in [3.8, 4) is 0 Å². The first-order valence-corrected chi connectivity index (χ1v) is 1.56. The van der Waals surface area contributed by atoms with Crippen LogP contribution in [-0.4, -0.2) is 32.5 Å². The van der Waals surface area contributed by atoms with E-state index in [0.717, 1.165) is 6.54 Å². The van der Waals surface area contributed by atoms with Crippen LogP contribution < -0.4 is 5.32 Å². The molecule has 1 nitrogen and oxygen atoms in total. The fraction of sp³-hybridized carbons (Fsp3) is 1.00. The maximum absolute atomic E-state index is 2.93. The van der Waals surface area contributed by atoms with Crippen LogP contribution in [-0.2, 0) is 0 Å². The quantitative estimate of drug-likeness (QED) is 0.410. The van der Waals surface area contributed by atoms with Crippen LogP contribution in [0.4, 0.5) is 0 Å². The van der Waals surface area contributed by atoms with E-state index in [2.05, 4.69) is 12.2 Å². The normalized spacial score (nSPS) is 6.00. The van der Waals surface area contributed by atoms with Gasteiger partial charge < -0.3 is 5.32 Å². The van der Waals surface area contributed by atoms with Gasteiger partial charge >= 0.3 is 18.9 Å². The zero-order valence-corrected chi connectivity index (χ0v) is 3.21. The molecule has 0 bridgehead atoms. The molecular formula is C3H10LiN. The summed E-state index contributed by atoms with van der Waals surface area (Å²) in [4.78, 5) is 0. The third kappa shape index (κ3) is 12.3. The molecule has 0 aromatic carbocycles. The van der Waals surface area contributed by atoms with E-state index in [1.807, 2.05) is 7.05 Å². The van der Waals surface area contributed by atoms with Crippen molar-refractivity contribution in [3.05, 3.63) is 0 Å². The number of hydrogen-bond donors (Lipinski definition) is 1. The molecule has 0 aliphatic rings. The first-order valence-electron chi connectivity index (χ1n) is 1.56. The average Bonchev–Trinajstić information content (AvgIpc) is 1.37. The Morgan fingerprint density at radius 1 is 1.60 bits per heavy atom.